The topological polar surface area (TPSA) is 44.5 Å². The molecule has 306 valence electrons. The zero-order valence-corrected chi connectivity index (χ0v) is 38.3. The Morgan fingerprint density at radius 1 is 0.375 bits per heavy atom. The van der Waals surface area contributed by atoms with Crippen molar-refractivity contribution in [1.82, 2.24) is 27.9 Å². The van der Waals surface area contributed by atoms with Crippen LogP contribution in [0.4, 0.5) is 0 Å². The zero-order chi connectivity index (χ0) is 42.6. The average Bonchev–Trinajstić information content (AvgIpc) is 4.06. The molecule has 0 N–H and O–H groups in total. The third-order valence-corrected chi connectivity index (χ3v) is 22.2. The van der Waals surface area contributed by atoms with Gasteiger partial charge in [-0.3, -0.25) is 17.9 Å². The predicted octanol–water partition coefficient (Wildman–Crippen LogP) is 13.0. The van der Waals surface area contributed by atoms with Crippen LogP contribution in [0.2, 0.25) is 38.3 Å². The van der Waals surface area contributed by atoms with Gasteiger partial charge in [0.1, 0.15) is 0 Å². The van der Waals surface area contributed by atoms with E-state index in [1.54, 1.807) is 10.4 Å². The molecule has 1 aliphatic carbocycles. The van der Waals surface area contributed by atoms with Gasteiger partial charge in [0, 0.05) is 5.69 Å². The van der Waals surface area contributed by atoms with E-state index in [0.717, 1.165) is 61.4 Å². The molecular weight excluding hydrogens is 813 g/mol. The molecule has 0 unspecified atom stereocenters. The minimum Gasteiger partial charge on any atom is -0.278 e. The summed E-state index contributed by atoms with van der Waals surface area (Å²) in [6, 6.07) is 65.4. The number of imidazole rings is 4. The summed E-state index contributed by atoms with van der Waals surface area (Å²) < 4.78 is 9.61. The molecule has 0 radical (unpaired) electrons. The van der Waals surface area contributed by atoms with E-state index in [0.29, 0.717) is 0 Å². The van der Waals surface area contributed by atoms with Crippen LogP contribution < -0.4 is 10.4 Å². The average molecular weight is 857 g/mol. The van der Waals surface area contributed by atoms with E-state index in [2.05, 4.69) is 214 Å². The molecule has 0 atom stereocenters. The minimum atomic E-state index is -2.06. The number of aromatic nitrogens is 6. The number of para-hydroxylation sites is 6. The highest BCUT2D eigenvalue weighted by molar-refractivity contribution is 7.04. The van der Waals surface area contributed by atoms with Gasteiger partial charge in [-0.25, -0.2) is 9.97 Å². The molecule has 0 saturated heterocycles. The lowest BCUT2D eigenvalue weighted by Gasteiger charge is -2.44. The highest BCUT2D eigenvalue weighted by Crippen LogP contribution is 2.49. The van der Waals surface area contributed by atoms with Gasteiger partial charge < -0.3 is 0 Å². The van der Waals surface area contributed by atoms with E-state index in [1.165, 1.54) is 62.3 Å². The summed E-state index contributed by atoms with van der Waals surface area (Å²) in [6.07, 6.45) is 0. The Bertz CT molecular complexity index is 3990. The summed E-state index contributed by atoms with van der Waals surface area (Å²) in [6.45, 7) is 10.5. The molecule has 0 fully saturated rings. The van der Waals surface area contributed by atoms with Crippen molar-refractivity contribution in [2.24, 2.45) is 0 Å². The normalized spacial score (nSPS) is 15.0. The SMILES string of the molecule is C[Si]1(C)CC[Si](C)(C)c2c3c(cc(-n4c5ccc(-n6c7ccccc7n7c8ccccc8nc67)cc5n5c6ccccc6nc45)c21)-c1ccccc1-c1ccccc1-c1ccccc1-3. The van der Waals surface area contributed by atoms with Crippen LogP contribution in [-0.4, -0.2) is 44.1 Å². The summed E-state index contributed by atoms with van der Waals surface area (Å²) in [7, 11) is -4.10. The lowest BCUT2D eigenvalue weighted by atomic mass is 9.80. The highest BCUT2D eigenvalue weighted by atomic mass is 28.3. The Kier molecular flexibility index (Phi) is 7.18. The number of hydrogen-bond donors (Lipinski definition) is 0. The van der Waals surface area contributed by atoms with E-state index in [9.17, 15) is 0 Å². The fraction of sp³-hybridized carbons (Fsp3) is 0.107. The van der Waals surface area contributed by atoms with Crippen LogP contribution in [0.15, 0.2) is 170 Å². The fourth-order valence-corrected chi connectivity index (χ4v) is 22.7. The van der Waals surface area contributed by atoms with E-state index in [-0.39, 0.29) is 0 Å². The molecule has 0 saturated carbocycles. The van der Waals surface area contributed by atoms with E-state index < -0.39 is 16.1 Å². The highest BCUT2D eigenvalue weighted by Gasteiger charge is 2.45. The van der Waals surface area contributed by atoms with Crippen LogP contribution in [-0.2, 0) is 0 Å². The van der Waals surface area contributed by atoms with Gasteiger partial charge in [0.2, 0.25) is 11.6 Å². The van der Waals surface area contributed by atoms with Crippen LogP contribution in [0.1, 0.15) is 0 Å². The summed E-state index contributed by atoms with van der Waals surface area (Å²) in [5, 5.41) is 3.25. The number of hydrogen-bond acceptors (Lipinski definition) is 2. The maximum absolute atomic E-state index is 5.57. The molecule has 4 aromatic heterocycles. The number of fused-ring (bicyclic) bond motifs is 20. The van der Waals surface area contributed by atoms with Crippen LogP contribution in [0.5, 0.6) is 0 Å². The van der Waals surface area contributed by atoms with Crippen LogP contribution >= 0.6 is 0 Å². The van der Waals surface area contributed by atoms with Crippen molar-refractivity contribution in [3.63, 3.8) is 0 Å². The van der Waals surface area contributed by atoms with E-state index >= 15 is 0 Å². The van der Waals surface area contributed by atoms with Crippen LogP contribution in [0.3, 0.4) is 0 Å². The third kappa shape index (κ3) is 4.73. The summed E-state index contributed by atoms with van der Waals surface area (Å²) in [4.78, 5) is 10.8. The molecule has 5 heterocycles. The van der Waals surface area contributed by atoms with E-state index in [4.69, 9.17) is 9.97 Å². The molecule has 64 heavy (non-hydrogen) atoms. The first-order valence-corrected chi connectivity index (χ1v) is 29.0. The molecule has 0 amide bonds. The van der Waals surface area contributed by atoms with Gasteiger partial charge in [-0.15, -0.1) is 0 Å². The van der Waals surface area contributed by atoms with Crippen molar-refractivity contribution in [2.75, 3.05) is 0 Å². The van der Waals surface area contributed by atoms with Gasteiger partial charge >= 0.3 is 0 Å². The smallest absolute Gasteiger partial charge is 0.220 e. The Labute approximate surface area is 372 Å². The Morgan fingerprint density at radius 2 is 0.812 bits per heavy atom. The Hall–Kier alpha value is -7.27. The maximum Gasteiger partial charge on any atom is 0.220 e. The van der Waals surface area contributed by atoms with Crippen molar-refractivity contribution < 1.29 is 0 Å². The third-order valence-electron chi connectivity index (χ3n) is 14.7. The van der Waals surface area contributed by atoms with Gasteiger partial charge in [0.15, 0.2) is 0 Å². The molecule has 8 heteroatoms. The molecule has 14 rings (SSSR count). The summed E-state index contributed by atoms with van der Waals surface area (Å²) >= 11 is 0. The number of rotatable bonds is 2. The lowest BCUT2D eigenvalue weighted by Crippen LogP contribution is -2.65. The van der Waals surface area contributed by atoms with Gasteiger partial charge in [-0.2, -0.15) is 0 Å². The predicted molar refractivity (Wildman–Crippen MR) is 272 cm³/mol. The van der Waals surface area contributed by atoms with Gasteiger partial charge in [-0.1, -0.05) is 153 Å². The number of nitrogens with zero attached hydrogens (tertiary/aromatic N) is 6. The second-order valence-electron chi connectivity index (χ2n) is 19.3. The first kappa shape index (κ1) is 36.2. The monoisotopic (exact) mass is 856 g/mol. The molecular formula is C56H44N6Si2. The first-order chi connectivity index (χ1) is 31.3. The zero-order valence-electron chi connectivity index (χ0n) is 36.3. The standard InChI is InChI=1S/C56H44N6Si2/c1-63(2)31-32-64(3,4)54-52-41-22-10-9-20-39(41)37-18-6-5-17-36(37)38-19-7-8-21-40(38)42(52)34-51(53(54)63)62-49-30-29-35(33-50(49)61-46-26-14-12-24-44(46)58-56(61)62)59-47-27-15-16-28-48(47)60-45-25-13-11-23-43(45)57-55(59)60/h5-30,33-34H,31-32H2,1-4H3. The van der Waals surface area contributed by atoms with Gasteiger partial charge in [-0.05, 0) is 110 Å². The first-order valence-electron chi connectivity index (χ1n) is 22.6. The van der Waals surface area contributed by atoms with Crippen molar-refractivity contribution >= 4 is 82.2 Å². The molecule has 1 aliphatic heterocycles. The van der Waals surface area contributed by atoms with Crippen LogP contribution in [0.25, 0.3) is 112 Å². The Balaban J connectivity index is 1.14. The van der Waals surface area contributed by atoms with Crippen LogP contribution in [0, 0.1) is 0 Å². The van der Waals surface area contributed by atoms with Crippen molar-refractivity contribution in [1.29, 1.82) is 0 Å². The second-order valence-corrected chi connectivity index (χ2v) is 28.8. The maximum atomic E-state index is 5.57. The number of benzene rings is 8. The summed E-state index contributed by atoms with van der Waals surface area (Å²) in [5.74, 6) is 1.85. The molecule has 0 bridgehead atoms. The second kappa shape index (κ2) is 12.7. The van der Waals surface area contributed by atoms with Gasteiger partial charge in [0.05, 0.1) is 66.0 Å². The molecule has 6 nitrogen and oxygen atoms in total. The van der Waals surface area contributed by atoms with E-state index in [1.807, 2.05) is 0 Å². The summed E-state index contributed by atoms with van der Waals surface area (Å²) in [5.41, 5.74) is 21.7. The van der Waals surface area contributed by atoms with Crippen molar-refractivity contribution in [3.05, 3.63) is 170 Å². The van der Waals surface area contributed by atoms with Crippen molar-refractivity contribution in [3.8, 4) is 55.9 Å². The molecule has 12 aromatic rings. The fourth-order valence-electron chi connectivity index (χ4n) is 11.8. The largest absolute Gasteiger partial charge is 0.278 e. The van der Waals surface area contributed by atoms with Crippen molar-refractivity contribution in [2.45, 2.75) is 38.3 Å². The minimum absolute atomic E-state index is 0.907. The Morgan fingerprint density at radius 3 is 1.42 bits per heavy atom. The molecule has 8 aromatic carbocycles. The quantitative estimate of drug-likeness (QED) is 0.163. The molecule has 0 spiro atoms. The lowest BCUT2D eigenvalue weighted by molar-refractivity contribution is 1.11. The molecule has 2 aliphatic rings. The van der Waals surface area contributed by atoms with Gasteiger partial charge in [0.25, 0.3) is 0 Å².